The number of carbonyl (C=O) groups excluding carboxylic acids is 1. The van der Waals surface area contributed by atoms with Crippen molar-refractivity contribution in [2.45, 2.75) is 25.2 Å². The Hall–Kier alpha value is -1.96. The van der Waals surface area contributed by atoms with Gasteiger partial charge >= 0.3 is 0 Å². The first kappa shape index (κ1) is 12.1. The number of halogens is 1. The predicted molar refractivity (Wildman–Crippen MR) is 72.9 cm³/mol. The van der Waals surface area contributed by atoms with Gasteiger partial charge in [-0.05, 0) is 36.5 Å². The van der Waals surface area contributed by atoms with Crippen LogP contribution in [0.25, 0.3) is 0 Å². The molecule has 1 aliphatic rings. The standard InChI is InChI=1S/C17H15FO/c18-16-7-2-1-6-15(16)17(19)14-10-8-13(9-11-14)12-4-3-5-12/h1-2,6-12H,3-5H2. The minimum absolute atomic E-state index is 0.138. The summed E-state index contributed by atoms with van der Waals surface area (Å²) in [6, 6.07) is 13.7. The van der Waals surface area contributed by atoms with Crippen molar-refractivity contribution < 1.29 is 9.18 Å². The van der Waals surface area contributed by atoms with Gasteiger partial charge in [-0.1, -0.05) is 42.8 Å². The molecule has 0 heterocycles. The largest absolute Gasteiger partial charge is 0.288 e. The molecule has 0 radical (unpaired) electrons. The van der Waals surface area contributed by atoms with E-state index in [1.807, 2.05) is 24.3 Å². The Morgan fingerprint density at radius 2 is 1.68 bits per heavy atom. The molecule has 2 aromatic rings. The van der Waals surface area contributed by atoms with Gasteiger partial charge < -0.3 is 0 Å². The summed E-state index contributed by atoms with van der Waals surface area (Å²) in [6.07, 6.45) is 3.77. The molecule has 0 aliphatic heterocycles. The highest BCUT2D eigenvalue weighted by Crippen LogP contribution is 2.36. The molecule has 1 aliphatic carbocycles. The van der Waals surface area contributed by atoms with Crippen molar-refractivity contribution in [3.8, 4) is 0 Å². The average Bonchev–Trinajstić information content (AvgIpc) is 2.37. The zero-order valence-electron chi connectivity index (χ0n) is 10.6. The maximum atomic E-state index is 13.6. The molecule has 0 atom stereocenters. The normalized spacial score (nSPS) is 15.0. The molecule has 1 saturated carbocycles. The Labute approximate surface area is 112 Å². The van der Waals surface area contributed by atoms with Crippen molar-refractivity contribution in [2.24, 2.45) is 0 Å². The van der Waals surface area contributed by atoms with E-state index in [-0.39, 0.29) is 11.3 Å². The van der Waals surface area contributed by atoms with Crippen molar-refractivity contribution >= 4 is 5.78 Å². The Morgan fingerprint density at radius 1 is 1.00 bits per heavy atom. The summed E-state index contributed by atoms with van der Waals surface area (Å²) in [5.74, 6) is -0.0635. The van der Waals surface area contributed by atoms with E-state index in [4.69, 9.17) is 0 Å². The van der Waals surface area contributed by atoms with E-state index in [1.165, 1.54) is 37.0 Å². The number of hydrogen-bond donors (Lipinski definition) is 0. The highest BCUT2D eigenvalue weighted by atomic mass is 19.1. The quantitative estimate of drug-likeness (QED) is 0.745. The molecule has 3 rings (SSSR count). The second-order valence-corrected chi connectivity index (χ2v) is 5.06. The lowest BCUT2D eigenvalue weighted by Crippen LogP contribution is -2.09. The van der Waals surface area contributed by atoms with Crippen LogP contribution in [0.1, 0.15) is 46.7 Å². The van der Waals surface area contributed by atoms with E-state index in [0.717, 1.165) is 0 Å². The SMILES string of the molecule is O=C(c1ccc(C2CCC2)cc1)c1ccccc1F. The van der Waals surface area contributed by atoms with Gasteiger partial charge in [0, 0.05) is 5.56 Å². The second-order valence-electron chi connectivity index (χ2n) is 5.06. The zero-order chi connectivity index (χ0) is 13.2. The topological polar surface area (TPSA) is 17.1 Å². The molecular formula is C17H15FO. The van der Waals surface area contributed by atoms with E-state index in [0.29, 0.717) is 11.5 Å². The zero-order valence-corrected chi connectivity index (χ0v) is 10.6. The fourth-order valence-corrected chi connectivity index (χ4v) is 2.45. The molecule has 0 unspecified atom stereocenters. The maximum absolute atomic E-state index is 13.6. The van der Waals surface area contributed by atoms with Gasteiger partial charge in [-0.15, -0.1) is 0 Å². The third kappa shape index (κ3) is 2.30. The van der Waals surface area contributed by atoms with Crippen LogP contribution in [0.2, 0.25) is 0 Å². The summed E-state index contributed by atoms with van der Waals surface area (Å²) in [5, 5.41) is 0. The smallest absolute Gasteiger partial charge is 0.195 e. The van der Waals surface area contributed by atoms with Gasteiger partial charge in [-0.2, -0.15) is 0 Å². The Balaban J connectivity index is 1.86. The van der Waals surface area contributed by atoms with E-state index in [9.17, 15) is 9.18 Å². The molecule has 19 heavy (non-hydrogen) atoms. The fraction of sp³-hybridized carbons (Fsp3) is 0.235. The number of hydrogen-bond acceptors (Lipinski definition) is 1. The molecule has 1 nitrogen and oxygen atoms in total. The predicted octanol–water partition coefficient (Wildman–Crippen LogP) is 4.32. The second kappa shape index (κ2) is 4.96. The molecule has 0 spiro atoms. The lowest BCUT2D eigenvalue weighted by molar-refractivity contribution is 0.103. The monoisotopic (exact) mass is 254 g/mol. The average molecular weight is 254 g/mol. The molecule has 0 bridgehead atoms. The number of benzene rings is 2. The van der Waals surface area contributed by atoms with Crippen LogP contribution in [-0.4, -0.2) is 5.78 Å². The lowest BCUT2D eigenvalue weighted by atomic mass is 9.80. The van der Waals surface area contributed by atoms with Crippen molar-refractivity contribution in [1.29, 1.82) is 0 Å². The van der Waals surface area contributed by atoms with Crippen LogP contribution in [0.5, 0.6) is 0 Å². The van der Waals surface area contributed by atoms with Gasteiger partial charge in [0.05, 0.1) is 5.56 Å². The van der Waals surface area contributed by atoms with Crippen molar-refractivity contribution in [1.82, 2.24) is 0 Å². The first-order valence-corrected chi connectivity index (χ1v) is 6.65. The number of rotatable bonds is 3. The first-order chi connectivity index (χ1) is 9.25. The highest BCUT2D eigenvalue weighted by molar-refractivity contribution is 6.09. The van der Waals surface area contributed by atoms with Crippen LogP contribution in [0, 0.1) is 5.82 Å². The molecule has 0 saturated heterocycles. The summed E-state index contributed by atoms with van der Waals surface area (Å²) in [5.41, 5.74) is 1.98. The molecule has 0 amide bonds. The van der Waals surface area contributed by atoms with Gasteiger partial charge in [0.15, 0.2) is 5.78 Å². The van der Waals surface area contributed by atoms with Gasteiger partial charge in [-0.3, -0.25) is 4.79 Å². The third-order valence-electron chi connectivity index (χ3n) is 3.87. The van der Waals surface area contributed by atoms with Gasteiger partial charge in [0.2, 0.25) is 0 Å². The molecule has 1 fully saturated rings. The van der Waals surface area contributed by atoms with E-state index >= 15 is 0 Å². The van der Waals surface area contributed by atoms with Crippen molar-refractivity contribution in [3.63, 3.8) is 0 Å². The molecule has 96 valence electrons. The summed E-state index contributed by atoms with van der Waals surface area (Å²) in [7, 11) is 0. The Kier molecular flexibility index (Phi) is 3.16. The minimum atomic E-state index is -0.462. The van der Waals surface area contributed by atoms with Crippen LogP contribution >= 0.6 is 0 Å². The van der Waals surface area contributed by atoms with Gasteiger partial charge in [-0.25, -0.2) is 4.39 Å². The fourth-order valence-electron chi connectivity index (χ4n) is 2.45. The maximum Gasteiger partial charge on any atom is 0.195 e. The summed E-state index contributed by atoms with van der Waals surface area (Å²) >= 11 is 0. The van der Waals surface area contributed by atoms with Gasteiger partial charge in [0.25, 0.3) is 0 Å². The minimum Gasteiger partial charge on any atom is -0.288 e. The van der Waals surface area contributed by atoms with Crippen molar-refractivity contribution in [3.05, 3.63) is 71.0 Å². The summed E-state index contributed by atoms with van der Waals surface area (Å²) in [4.78, 5) is 12.2. The van der Waals surface area contributed by atoms with Crippen LogP contribution in [0.4, 0.5) is 4.39 Å². The number of carbonyl (C=O) groups is 1. The highest BCUT2D eigenvalue weighted by Gasteiger charge is 2.20. The van der Waals surface area contributed by atoms with Crippen LogP contribution in [0.15, 0.2) is 48.5 Å². The third-order valence-corrected chi connectivity index (χ3v) is 3.87. The first-order valence-electron chi connectivity index (χ1n) is 6.65. The van der Waals surface area contributed by atoms with Crippen LogP contribution < -0.4 is 0 Å². The summed E-state index contributed by atoms with van der Waals surface area (Å²) < 4.78 is 13.6. The van der Waals surface area contributed by atoms with Crippen LogP contribution in [0.3, 0.4) is 0 Å². The van der Waals surface area contributed by atoms with E-state index in [2.05, 4.69) is 0 Å². The van der Waals surface area contributed by atoms with Crippen LogP contribution in [-0.2, 0) is 0 Å². The molecule has 0 aromatic heterocycles. The molecule has 0 N–H and O–H groups in total. The van der Waals surface area contributed by atoms with Crippen molar-refractivity contribution in [2.75, 3.05) is 0 Å². The lowest BCUT2D eigenvalue weighted by Gasteiger charge is -2.25. The Bertz CT molecular complexity index is 597. The Morgan fingerprint density at radius 3 is 2.26 bits per heavy atom. The molecular weight excluding hydrogens is 239 g/mol. The van der Waals surface area contributed by atoms with Gasteiger partial charge in [0.1, 0.15) is 5.82 Å². The van der Waals surface area contributed by atoms with E-state index < -0.39 is 5.82 Å². The summed E-state index contributed by atoms with van der Waals surface area (Å²) in [6.45, 7) is 0. The van der Waals surface area contributed by atoms with E-state index in [1.54, 1.807) is 12.1 Å². The number of ketones is 1. The molecule has 2 aromatic carbocycles. The molecule has 2 heteroatoms.